The highest BCUT2D eigenvalue weighted by Crippen LogP contribution is 2.35. The molecule has 142 valence electrons. The third-order valence-corrected chi connectivity index (χ3v) is 5.16. The van der Waals surface area contributed by atoms with Gasteiger partial charge in [0.25, 0.3) is 5.91 Å². The minimum Gasteiger partial charge on any atom is -0.467 e. The fraction of sp³-hybridized carbons (Fsp3) is 0.350. The monoisotopic (exact) mass is 376 g/mol. The zero-order chi connectivity index (χ0) is 19.1. The first-order valence-corrected chi connectivity index (χ1v) is 8.84. The average Bonchev–Trinajstić information content (AvgIpc) is 2.63. The lowest BCUT2D eigenvalue weighted by Gasteiger charge is -2.44. The minimum atomic E-state index is -4.36. The fourth-order valence-corrected chi connectivity index (χ4v) is 3.73. The second kappa shape index (κ2) is 6.56. The van der Waals surface area contributed by atoms with Crippen LogP contribution in [0.1, 0.15) is 34.3 Å². The first-order chi connectivity index (χ1) is 12.9. The maximum Gasteiger partial charge on any atom is 0.416 e. The van der Waals surface area contributed by atoms with Gasteiger partial charge in [-0.15, -0.1) is 0 Å². The maximum atomic E-state index is 13.2. The Morgan fingerprint density at radius 1 is 1.04 bits per heavy atom. The molecule has 2 aliphatic heterocycles. The molecule has 1 amide bonds. The summed E-state index contributed by atoms with van der Waals surface area (Å²) in [6.45, 7) is 1.29. The number of likely N-dealkylation sites (tertiary alicyclic amines) is 1. The summed E-state index contributed by atoms with van der Waals surface area (Å²) in [5.74, 6) is 0.379. The lowest BCUT2D eigenvalue weighted by Crippen LogP contribution is -2.60. The van der Waals surface area contributed by atoms with E-state index >= 15 is 0 Å². The Balaban J connectivity index is 1.46. The molecular formula is C20H19F3N2O2. The summed E-state index contributed by atoms with van der Waals surface area (Å²) < 4.78 is 45.6. The van der Waals surface area contributed by atoms with Gasteiger partial charge in [0.05, 0.1) is 11.1 Å². The first kappa shape index (κ1) is 17.9. The van der Waals surface area contributed by atoms with Gasteiger partial charge in [-0.2, -0.15) is 13.2 Å². The van der Waals surface area contributed by atoms with Gasteiger partial charge in [-0.25, -0.2) is 0 Å². The molecule has 2 aromatic carbocycles. The Hall–Kier alpha value is -2.54. The van der Waals surface area contributed by atoms with E-state index in [2.05, 4.69) is 5.32 Å². The molecule has 1 saturated heterocycles. The van der Waals surface area contributed by atoms with Crippen molar-refractivity contribution in [3.63, 3.8) is 0 Å². The molecule has 0 radical (unpaired) electrons. The number of fused-ring (bicyclic) bond motifs is 1. The molecule has 7 heteroatoms. The quantitative estimate of drug-likeness (QED) is 0.867. The van der Waals surface area contributed by atoms with Gasteiger partial charge in [0.15, 0.2) is 5.72 Å². The molecule has 1 spiro atoms. The van der Waals surface area contributed by atoms with Crippen LogP contribution in [-0.4, -0.2) is 29.6 Å². The van der Waals surface area contributed by atoms with Gasteiger partial charge in [-0.05, 0) is 23.8 Å². The SMILES string of the molecule is O=C1NC2(CCN(Cc3ccccc3C(F)(F)F)CC2)Oc2ccccc21. The van der Waals surface area contributed by atoms with Crippen LogP contribution in [0.4, 0.5) is 13.2 Å². The van der Waals surface area contributed by atoms with E-state index in [1.165, 1.54) is 12.1 Å². The zero-order valence-electron chi connectivity index (χ0n) is 14.6. The van der Waals surface area contributed by atoms with Gasteiger partial charge < -0.3 is 10.1 Å². The van der Waals surface area contributed by atoms with Crippen LogP contribution in [0.2, 0.25) is 0 Å². The minimum absolute atomic E-state index is 0.173. The summed E-state index contributed by atoms with van der Waals surface area (Å²) in [6.07, 6.45) is -3.33. The molecule has 1 N–H and O–H groups in total. The average molecular weight is 376 g/mol. The fourth-order valence-electron chi connectivity index (χ4n) is 3.73. The standard InChI is InChI=1S/C20H19F3N2O2/c21-20(22,23)16-7-3-1-5-14(16)13-25-11-9-19(10-12-25)24-18(26)15-6-2-4-8-17(15)27-19/h1-8H,9-13H2,(H,24,26). The summed E-state index contributed by atoms with van der Waals surface area (Å²) in [5.41, 5.74) is -0.614. The Bertz CT molecular complexity index is 858. The third-order valence-electron chi connectivity index (χ3n) is 5.16. The molecule has 2 aliphatic rings. The van der Waals surface area contributed by atoms with Crippen molar-refractivity contribution in [3.05, 3.63) is 65.2 Å². The number of hydrogen-bond acceptors (Lipinski definition) is 3. The van der Waals surface area contributed by atoms with Crippen LogP contribution in [-0.2, 0) is 12.7 Å². The number of nitrogens with zero attached hydrogens (tertiary/aromatic N) is 1. The normalized spacial score (nSPS) is 19.3. The van der Waals surface area contributed by atoms with E-state index in [4.69, 9.17) is 4.74 Å². The molecule has 2 aromatic rings. The number of rotatable bonds is 2. The number of halogens is 3. The smallest absolute Gasteiger partial charge is 0.416 e. The van der Waals surface area contributed by atoms with Crippen LogP contribution in [0.5, 0.6) is 5.75 Å². The predicted molar refractivity (Wildman–Crippen MR) is 93.2 cm³/mol. The van der Waals surface area contributed by atoms with E-state index in [0.717, 1.165) is 6.07 Å². The van der Waals surface area contributed by atoms with Gasteiger partial charge in [0, 0.05) is 32.5 Å². The van der Waals surface area contributed by atoms with Crippen molar-refractivity contribution in [2.45, 2.75) is 31.3 Å². The lowest BCUT2D eigenvalue weighted by atomic mass is 9.96. The van der Waals surface area contributed by atoms with Crippen molar-refractivity contribution >= 4 is 5.91 Å². The van der Waals surface area contributed by atoms with E-state index < -0.39 is 17.5 Å². The van der Waals surface area contributed by atoms with Gasteiger partial charge in [0.2, 0.25) is 0 Å². The molecule has 4 nitrogen and oxygen atoms in total. The maximum absolute atomic E-state index is 13.2. The largest absolute Gasteiger partial charge is 0.467 e. The van der Waals surface area contributed by atoms with E-state index in [1.807, 2.05) is 11.0 Å². The Morgan fingerprint density at radius 3 is 2.44 bits per heavy atom. The summed E-state index contributed by atoms with van der Waals surface area (Å²) >= 11 is 0. The van der Waals surface area contributed by atoms with Crippen LogP contribution in [0.15, 0.2) is 48.5 Å². The number of carbonyl (C=O) groups is 1. The van der Waals surface area contributed by atoms with Crippen LogP contribution >= 0.6 is 0 Å². The Morgan fingerprint density at radius 2 is 1.70 bits per heavy atom. The molecular weight excluding hydrogens is 357 g/mol. The summed E-state index contributed by atoms with van der Waals surface area (Å²) in [4.78, 5) is 14.3. The van der Waals surface area contributed by atoms with Gasteiger partial charge >= 0.3 is 6.18 Å². The summed E-state index contributed by atoms with van der Waals surface area (Å²) in [5, 5.41) is 2.94. The van der Waals surface area contributed by atoms with E-state index in [0.29, 0.717) is 37.2 Å². The second-order valence-electron chi connectivity index (χ2n) is 6.98. The first-order valence-electron chi connectivity index (χ1n) is 8.84. The van der Waals surface area contributed by atoms with E-state index in [-0.39, 0.29) is 18.0 Å². The van der Waals surface area contributed by atoms with Crippen molar-refractivity contribution in [2.24, 2.45) is 0 Å². The van der Waals surface area contributed by atoms with Crippen LogP contribution in [0, 0.1) is 0 Å². The number of nitrogens with one attached hydrogen (secondary N) is 1. The summed E-state index contributed by atoms with van der Waals surface area (Å²) in [6, 6.07) is 12.7. The molecule has 0 atom stereocenters. The Kier molecular flexibility index (Phi) is 4.34. The number of benzene rings is 2. The zero-order valence-corrected chi connectivity index (χ0v) is 14.6. The highest BCUT2D eigenvalue weighted by molar-refractivity contribution is 5.98. The van der Waals surface area contributed by atoms with E-state index in [9.17, 15) is 18.0 Å². The van der Waals surface area contributed by atoms with Crippen molar-refractivity contribution in [1.82, 2.24) is 10.2 Å². The molecule has 0 saturated carbocycles. The number of carbonyl (C=O) groups excluding carboxylic acids is 1. The number of para-hydroxylation sites is 1. The molecule has 0 unspecified atom stereocenters. The van der Waals surface area contributed by atoms with Gasteiger partial charge in [0.1, 0.15) is 5.75 Å². The van der Waals surface area contributed by atoms with Crippen molar-refractivity contribution in [1.29, 1.82) is 0 Å². The van der Waals surface area contributed by atoms with Gasteiger partial charge in [-0.3, -0.25) is 9.69 Å². The number of ether oxygens (including phenoxy) is 1. The summed E-state index contributed by atoms with van der Waals surface area (Å²) in [7, 11) is 0. The second-order valence-corrected chi connectivity index (χ2v) is 6.98. The molecule has 2 heterocycles. The van der Waals surface area contributed by atoms with Crippen molar-refractivity contribution in [2.75, 3.05) is 13.1 Å². The highest BCUT2D eigenvalue weighted by atomic mass is 19.4. The number of piperidine rings is 1. The molecule has 0 bridgehead atoms. The molecule has 0 aliphatic carbocycles. The van der Waals surface area contributed by atoms with Gasteiger partial charge in [-0.1, -0.05) is 30.3 Å². The lowest BCUT2D eigenvalue weighted by molar-refractivity contribution is -0.138. The molecule has 27 heavy (non-hydrogen) atoms. The van der Waals surface area contributed by atoms with E-state index in [1.54, 1.807) is 24.3 Å². The molecule has 1 fully saturated rings. The topological polar surface area (TPSA) is 41.6 Å². The van der Waals surface area contributed by atoms with Crippen molar-refractivity contribution in [3.8, 4) is 5.75 Å². The molecule has 0 aromatic heterocycles. The van der Waals surface area contributed by atoms with Crippen LogP contribution in [0.3, 0.4) is 0 Å². The van der Waals surface area contributed by atoms with Crippen molar-refractivity contribution < 1.29 is 22.7 Å². The number of amides is 1. The van der Waals surface area contributed by atoms with Crippen LogP contribution in [0.25, 0.3) is 0 Å². The Labute approximate surface area is 154 Å². The highest BCUT2D eigenvalue weighted by Gasteiger charge is 2.42. The number of hydrogen-bond donors (Lipinski definition) is 1. The third kappa shape index (κ3) is 3.51. The number of alkyl halides is 3. The molecule has 4 rings (SSSR count). The van der Waals surface area contributed by atoms with Crippen LogP contribution < -0.4 is 10.1 Å². The predicted octanol–water partition coefficient (Wildman–Crippen LogP) is 3.82.